The van der Waals surface area contributed by atoms with Gasteiger partial charge >= 0.3 is 12.0 Å². The van der Waals surface area contributed by atoms with E-state index >= 15 is 0 Å². The highest BCUT2D eigenvalue weighted by atomic mass is 35.5. The Kier molecular flexibility index (Phi) is 6.44. The van der Waals surface area contributed by atoms with Gasteiger partial charge in [0, 0.05) is 15.7 Å². The van der Waals surface area contributed by atoms with Crippen molar-refractivity contribution in [1.82, 2.24) is 10.6 Å². The zero-order chi connectivity index (χ0) is 20.1. The van der Waals surface area contributed by atoms with E-state index in [4.69, 9.17) is 32.7 Å². The van der Waals surface area contributed by atoms with Gasteiger partial charge in [0.15, 0.2) is 0 Å². The second-order valence-electron chi connectivity index (χ2n) is 6.07. The van der Waals surface area contributed by atoms with Crippen LogP contribution in [0.2, 0.25) is 10.0 Å². The molecule has 3 rings (SSSR count). The molecule has 1 saturated heterocycles. The maximum Gasteiger partial charge on any atom is 0.319 e. The standard InChI is InChI=1S/C20H18Cl2N2O4/c1-12-17(19(25)28-10-9-27-14-5-3-2-4-6-14)18(24-20(26)23-12)15-8-7-13(21)11-16(15)22/h2-8,11,17-18H,1,9-10H2,(H2,23,24,26)/t17-,18-/m0/s1. The van der Waals surface area contributed by atoms with Crippen LogP contribution >= 0.6 is 23.2 Å². The van der Waals surface area contributed by atoms with Crippen molar-refractivity contribution in [3.63, 3.8) is 0 Å². The molecule has 0 aliphatic carbocycles. The van der Waals surface area contributed by atoms with Gasteiger partial charge in [0.05, 0.1) is 6.04 Å². The molecular weight excluding hydrogens is 403 g/mol. The maximum absolute atomic E-state index is 12.7. The lowest BCUT2D eigenvalue weighted by molar-refractivity contribution is -0.149. The summed E-state index contributed by atoms with van der Waals surface area (Å²) in [6.07, 6.45) is 0. The van der Waals surface area contributed by atoms with E-state index in [1.165, 1.54) is 0 Å². The van der Waals surface area contributed by atoms with Crippen LogP contribution < -0.4 is 15.4 Å². The third kappa shape index (κ3) is 4.77. The Morgan fingerprint density at radius 1 is 1.11 bits per heavy atom. The molecule has 1 fully saturated rings. The molecule has 2 aromatic carbocycles. The minimum Gasteiger partial charge on any atom is -0.490 e. The molecule has 0 unspecified atom stereocenters. The molecular formula is C20H18Cl2N2O4. The summed E-state index contributed by atoms with van der Waals surface area (Å²) in [6, 6.07) is 12.8. The van der Waals surface area contributed by atoms with Gasteiger partial charge in [0.25, 0.3) is 0 Å². The predicted molar refractivity (Wildman–Crippen MR) is 106 cm³/mol. The lowest BCUT2D eigenvalue weighted by Gasteiger charge is -2.33. The topological polar surface area (TPSA) is 76.7 Å². The Balaban J connectivity index is 1.68. The summed E-state index contributed by atoms with van der Waals surface area (Å²) < 4.78 is 10.8. The molecule has 0 spiro atoms. The van der Waals surface area contributed by atoms with Crippen LogP contribution in [0.15, 0.2) is 60.8 Å². The molecule has 2 amide bonds. The summed E-state index contributed by atoms with van der Waals surface area (Å²) >= 11 is 12.2. The summed E-state index contributed by atoms with van der Waals surface area (Å²) in [5, 5.41) is 5.99. The molecule has 2 aromatic rings. The van der Waals surface area contributed by atoms with E-state index in [0.29, 0.717) is 21.4 Å². The Morgan fingerprint density at radius 3 is 2.57 bits per heavy atom. The van der Waals surface area contributed by atoms with E-state index in [9.17, 15) is 9.59 Å². The fourth-order valence-electron chi connectivity index (χ4n) is 2.88. The molecule has 0 saturated carbocycles. The fourth-order valence-corrected chi connectivity index (χ4v) is 3.41. The maximum atomic E-state index is 12.7. The van der Waals surface area contributed by atoms with E-state index in [2.05, 4.69) is 17.2 Å². The lowest BCUT2D eigenvalue weighted by Crippen LogP contribution is -2.51. The number of ether oxygens (including phenoxy) is 2. The van der Waals surface area contributed by atoms with Crippen LogP contribution in [-0.4, -0.2) is 25.2 Å². The molecule has 8 heteroatoms. The number of hydrogen-bond acceptors (Lipinski definition) is 4. The number of benzene rings is 2. The number of nitrogens with one attached hydrogen (secondary N) is 2. The first-order valence-corrected chi connectivity index (χ1v) is 9.27. The fraction of sp³-hybridized carbons (Fsp3) is 0.200. The van der Waals surface area contributed by atoms with Crippen LogP contribution in [0.3, 0.4) is 0 Å². The van der Waals surface area contributed by atoms with E-state index in [-0.39, 0.29) is 18.9 Å². The molecule has 28 heavy (non-hydrogen) atoms. The van der Waals surface area contributed by atoms with E-state index < -0.39 is 24.0 Å². The van der Waals surface area contributed by atoms with Crippen LogP contribution in [-0.2, 0) is 9.53 Å². The minimum atomic E-state index is -0.854. The summed E-state index contributed by atoms with van der Waals surface area (Å²) in [7, 11) is 0. The molecule has 0 radical (unpaired) electrons. The van der Waals surface area contributed by atoms with Crippen molar-refractivity contribution in [3.8, 4) is 5.75 Å². The number of amides is 2. The number of para-hydroxylation sites is 1. The molecule has 146 valence electrons. The van der Waals surface area contributed by atoms with Crippen molar-refractivity contribution in [1.29, 1.82) is 0 Å². The normalized spacial score (nSPS) is 18.8. The van der Waals surface area contributed by atoms with E-state index in [1.807, 2.05) is 30.3 Å². The Hall–Kier alpha value is -2.70. The van der Waals surface area contributed by atoms with Gasteiger partial charge in [0.1, 0.15) is 24.9 Å². The highest BCUT2D eigenvalue weighted by molar-refractivity contribution is 6.35. The van der Waals surface area contributed by atoms with Crippen molar-refractivity contribution in [2.24, 2.45) is 5.92 Å². The lowest BCUT2D eigenvalue weighted by atomic mass is 9.89. The van der Waals surface area contributed by atoms with Gasteiger partial charge in [-0.3, -0.25) is 4.79 Å². The monoisotopic (exact) mass is 420 g/mol. The summed E-state index contributed by atoms with van der Waals surface area (Å²) in [4.78, 5) is 24.6. The van der Waals surface area contributed by atoms with Crippen LogP contribution in [0, 0.1) is 5.92 Å². The van der Waals surface area contributed by atoms with Crippen molar-refractivity contribution >= 4 is 35.2 Å². The minimum absolute atomic E-state index is 0.0481. The first-order chi connectivity index (χ1) is 13.5. The number of hydrogen-bond donors (Lipinski definition) is 2. The Labute approximate surface area is 172 Å². The number of carbonyl (C=O) groups excluding carboxylic acids is 2. The van der Waals surface area contributed by atoms with Gasteiger partial charge in [-0.15, -0.1) is 0 Å². The SMILES string of the molecule is C=C1NC(=O)N[C@@H](c2ccc(Cl)cc2Cl)[C@H]1C(=O)OCCOc1ccccc1. The van der Waals surface area contributed by atoms with Crippen LogP contribution in [0.25, 0.3) is 0 Å². The Bertz CT molecular complexity index is 889. The van der Waals surface area contributed by atoms with Gasteiger partial charge < -0.3 is 20.1 Å². The molecule has 2 atom stereocenters. The zero-order valence-electron chi connectivity index (χ0n) is 14.8. The molecule has 1 aliphatic heterocycles. The van der Waals surface area contributed by atoms with Gasteiger partial charge in [-0.25, -0.2) is 4.79 Å². The number of halogens is 2. The van der Waals surface area contributed by atoms with Crippen LogP contribution in [0.5, 0.6) is 5.75 Å². The highest BCUT2D eigenvalue weighted by Gasteiger charge is 2.39. The average Bonchev–Trinajstić information content (AvgIpc) is 2.65. The average molecular weight is 421 g/mol. The predicted octanol–water partition coefficient (Wildman–Crippen LogP) is 4.10. The second-order valence-corrected chi connectivity index (χ2v) is 6.92. The van der Waals surface area contributed by atoms with Crippen LogP contribution in [0.4, 0.5) is 4.79 Å². The number of esters is 1. The molecule has 1 heterocycles. The van der Waals surface area contributed by atoms with Gasteiger partial charge in [-0.05, 0) is 29.8 Å². The van der Waals surface area contributed by atoms with Crippen LogP contribution in [0.1, 0.15) is 11.6 Å². The molecule has 1 aliphatic rings. The summed E-state index contributed by atoms with van der Waals surface area (Å²) in [5.74, 6) is -0.723. The second kappa shape index (κ2) is 8.99. The van der Waals surface area contributed by atoms with Gasteiger partial charge in [-0.1, -0.05) is 54.0 Å². The molecule has 2 N–H and O–H groups in total. The third-order valence-corrected chi connectivity index (χ3v) is 4.72. The molecule has 0 bridgehead atoms. The molecule has 0 aromatic heterocycles. The Morgan fingerprint density at radius 2 is 1.86 bits per heavy atom. The van der Waals surface area contributed by atoms with Crippen molar-refractivity contribution in [2.45, 2.75) is 6.04 Å². The van der Waals surface area contributed by atoms with Crippen molar-refractivity contribution in [3.05, 3.63) is 76.4 Å². The smallest absolute Gasteiger partial charge is 0.319 e. The summed E-state index contributed by atoms with van der Waals surface area (Å²) in [5.41, 5.74) is 0.776. The number of carbonyl (C=O) groups is 2. The van der Waals surface area contributed by atoms with Crippen molar-refractivity contribution < 1.29 is 19.1 Å². The zero-order valence-corrected chi connectivity index (χ0v) is 16.3. The quantitative estimate of drug-likeness (QED) is 0.544. The highest BCUT2D eigenvalue weighted by Crippen LogP contribution is 2.35. The molecule has 6 nitrogen and oxygen atoms in total. The van der Waals surface area contributed by atoms with E-state index in [1.54, 1.807) is 18.2 Å². The number of rotatable bonds is 6. The third-order valence-electron chi connectivity index (χ3n) is 4.16. The first-order valence-electron chi connectivity index (χ1n) is 8.51. The number of urea groups is 1. The van der Waals surface area contributed by atoms with Gasteiger partial charge in [-0.2, -0.15) is 0 Å². The van der Waals surface area contributed by atoms with E-state index in [0.717, 1.165) is 0 Å². The first kappa shape index (κ1) is 20.0. The van der Waals surface area contributed by atoms with Gasteiger partial charge in [0.2, 0.25) is 0 Å². The largest absolute Gasteiger partial charge is 0.490 e. The van der Waals surface area contributed by atoms with Crippen molar-refractivity contribution in [2.75, 3.05) is 13.2 Å². The summed E-state index contributed by atoms with van der Waals surface area (Å²) in [6.45, 7) is 4.04.